The predicted octanol–water partition coefficient (Wildman–Crippen LogP) is 2.07. The molecule has 0 aliphatic carbocycles. The highest BCUT2D eigenvalue weighted by molar-refractivity contribution is 8.36. The molecule has 0 bridgehead atoms. The Labute approximate surface area is 65.8 Å². The summed E-state index contributed by atoms with van der Waals surface area (Å²) < 4.78 is 0. The molecule has 0 saturated heterocycles. The molecule has 0 aliphatic rings. The molecule has 2 N–H and O–H groups in total. The summed E-state index contributed by atoms with van der Waals surface area (Å²) in [5, 5.41) is 9.62. The van der Waals surface area contributed by atoms with Crippen LogP contribution in [0.1, 0.15) is 27.7 Å². The maximum Gasteiger partial charge on any atom is 0.00548 e. The Balaban J connectivity index is 4.43. The fraction of sp³-hybridized carbons (Fsp3) is 0.750. The van der Waals surface area contributed by atoms with E-state index in [2.05, 4.69) is 32.9 Å². The third kappa shape index (κ3) is 1.68. The van der Waals surface area contributed by atoms with Crippen LogP contribution in [0.3, 0.4) is 0 Å². The van der Waals surface area contributed by atoms with Gasteiger partial charge in [-0.15, -0.1) is 16.6 Å². The molecule has 0 heterocycles. The summed E-state index contributed by atoms with van der Waals surface area (Å²) in [6, 6.07) is 0. The predicted molar refractivity (Wildman–Crippen MR) is 50.9 cm³/mol. The second-order valence-electron chi connectivity index (χ2n) is 2.98. The largest absolute Gasteiger partial charge is 0.285 e. The molecule has 0 aliphatic heterocycles. The van der Waals surface area contributed by atoms with Crippen LogP contribution < -0.4 is 5.14 Å². The summed E-state index contributed by atoms with van der Waals surface area (Å²) in [4.78, 5) is 0. The highest BCUT2D eigenvalue weighted by atomic mass is 32.3. The van der Waals surface area contributed by atoms with Gasteiger partial charge in [0.2, 0.25) is 0 Å². The van der Waals surface area contributed by atoms with E-state index < -0.39 is 10.2 Å². The Morgan fingerprint density at radius 3 is 1.50 bits per heavy atom. The van der Waals surface area contributed by atoms with E-state index in [-0.39, 0.29) is 0 Å². The van der Waals surface area contributed by atoms with Crippen molar-refractivity contribution >= 4 is 10.2 Å². The third-order valence-electron chi connectivity index (χ3n) is 1.76. The zero-order chi connectivity index (χ0) is 8.36. The van der Waals surface area contributed by atoms with E-state index in [9.17, 15) is 0 Å². The second-order valence-corrected chi connectivity index (χ2v) is 6.62. The molecular formula is C8H17NS. The number of nitrogens with two attached hydrogens (primary N) is 1. The van der Waals surface area contributed by atoms with Gasteiger partial charge in [-0.2, -0.15) is 0 Å². The van der Waals surface area contributed by atoms with E-state index in [1.165, 1.54) is 0 Å². The SMILES string of the molecule is C#CS(N)(C(C)C)C(C)C. The van der Waals surface area contributed by atoms with Crippen LogP contribution in [0.25, 0.3) is 0 Å². The summed E-state index contributed by atoms with van der Waals surface area (Å²) in [5.41, 5.74) is 0. The molecule has 60 valence electrons. The minimum Gasteiger partial charge on any atom is -0.285 e. The smallest absolute Gasteiger partial charge is 0.00548 e. The van der Waals surface area contributed by atoms with E-state index in [4.69, 9.17) is 11.6 Å². The van der Waals surface area contributed by atoms with Crippen LogP contribution in [-0.4, -0.2) is 10.5 Å². The molecule has 0 aromatic rings. The van der Waals surface area contributed by atoms with E-state index >= 15 is 0 Å². The molecule has 0 saturated carbocycles. The van der Waals surface area contributed by atoms with Crippen LogP contribution in [-0.2, 0) is 0 Å². The van der Waals surface area contributed by atoms with E-state index in [0.717, 1.165) is 0 Å². The second kappa shape index (κ2) is 3.32. The summed E-state index contributed by atoms with van der Waals surface area (Å²) in [6.45, 7) is 8.37. The van der Waals surface area contributed by atoms with E-state index in [0.29, 0.717) is 10.5 Å². The first-order chi connectivity index (χ1) is 4.45. The number of rotatable bonds is 2. The zero-order valence-corrected chi connectivity index (χ0v) is 8.03. The molecule has 0 spiro atoms. The monoisotopic (exact) mass is 159 g/mol. The van der Waals surface area contributed by atoms with Crippen LogP contribution in [0.5, 0.6) is 0 Å². The van der Waals surface area contributed by atoms with Gasteiger partial charge in [-0.05, 0) is 5.25 Å². The Morgan fingerprint density at radius 2 is 1.50 bits per heavy atom. The molecule has 0 radical (unpaired) electrons. The number of hydrogen-bond donors (Lipinski definition) is 1. The fourth-order valence-electron chi connectivity index (χ4n) is 0.816. The van der Waals surface area contributed by atoms with Crippen molar-refractivity contribution in [2.75, 3.05) is 0 Å². The lowest BCUT2D eigenvalue weighted by atomic mass is 10.5. The van der Waals surface area contributed by atoms with Gasteiger partial charge < -0.3 is 0 Å². The Bertz CT molecular complexity index is 136. The molecule has 0 unspecified atom stereocenters. The fourth-order valence-corrected chi connectivity index (χ4v) is 2.45. The normalized spacial score (nSPS) is 13.8. The zero-order valence-electron chi connectivity index (χ0n) is 7.22. The van der Waals surface area contributed by atoms with Crippen LogP contribution in [0, 0.1) is 11.7 Å². The van der Waals surface area contributed by atoms with Gasteiger partial charge in [-0.25, -0.2) is 0 Å². The van der Waals surface area contributed by atoms with Gasteiger partial charge in [0.05, 0.1) is 0 Å². The highest BCUT2D eigenvalue weighted by Crippen LogP contribution is 2.47. The molecule has 10 heavy (non-hydrogen) atoms. The quantitative estimate of drug-likeness (QED) is 0.613. The van der Waals surface area contributed by atoms with Crippen molar-refractivity contribution in [3.8, 4) is 11.7 Å². The van der Waals surface area contributed by atoms with Crippen molar-refractivity contribution < 1.29 is 0 Å². The van der Waals surface area contributed by atoms with Crippen molar-refractivity contribution in [3.05, 3.63) is 0 Å². The Hall–Kier alpha value is -0.130. The summed E-state index contributed by atoms with van der Waals surface area (Å²) in [6.07, 6.45) is 5.37. The van der Waals surface area contributed by atoms with Crippen molar-refractivity contribution in [2.24, 2.45) is 5.14 Å². The standard InChI is InChI=1S/C8H17NS/c1-6-10(9,7(2)3)8(4)5/h1,7-8H,9H2,2-5H3. The molecule has 0 amide bonds. The highest BCUT2D eigenvalue weighted by Gasteiger charge is 2.23. The number of terminal acetylenes is 1. The first kappa shape index (κ1) is 9.87. The molecule has 0 atom stereocenters. The maximum atomic E-state index is 6.03. The van der Waals surface area contributed by atoms with Gasteiger partial charge in [0.25, 0.3) is 0 Å². The number of hydrogen-bond acceptors (Lipinski definition) is 1. The summed E-state index contributed by atoms with van der Waals surface area (Å²) in [5.74, 6) is 0. The lowest BCUT2D eigenvalue weighted by Crippen LogP contribution is -2.26. The first-order valence-corrected chi connectivity index (χ1v) is 5.33. The molecule has 0 rings (SSSR count). The molecular weight excluding hydrogens is 142 g/mol. The van der Waals surface area contributed by atoms with Crippen LogP contribution in [0.2, 0.25) is 0 Å². The van der Waals surface area contributed by atoms with Gasteiger partial charge >= 0.3 is 0 Å². The Kier molecular flexibility index (Phi) is 3.27. The van der Waals surface area contributed by atoms with Crippen molar-refractivity contribution in [2.45, 2.75) is 38.2 Å². The third-order valence-corrected chi connectivity index (χ3v) is 5.29. The lowest BCUT2D eigenvalue weighted by Gasteiger charge is -2.37. The minimum absolute atomic E-state index is 0.428. The molecule has 2 heteroatoms. The molecule has 1 nitrogen and oxygen atoms in total. The van der Waals surface area contributed by atoms with Gasteiger partial charge in [-0.3, -0.25) is 5.14 Å². The van der Waals surface area contributed by atoms with E-state index in [1.54, 1.807) is 0 Å². The molecule has 0 fully saturated rings. The van der Waals surface area contributed by atoms with Gasteiger partial charge in [0.1, 0.15) is 0 Å². The van der Waals surface area contributed by atoms with Gasteiger partial charge in [0.15, 0.2) is 0 Å². The van der Waals surface area contributed by atoms with Crippen LogP contribution >= 0.6 is 10.2 Å². The lowest BCUT2D eigenvalue weighted by molar-refractivity contribution is 1.02. The van der Waals surface area contributed by atoms with Crippen LogP contribution in [0.15, 0.2) is 0 Å². The summed E-state index contributed by atoms with van der Waals surface area (Å²) >= 11 is 0. The van der Waals surface area contributed by atoms with Gasteiger partial charge in [-0.1, -0.05) is 27.7 Å². The Morgan fingerprint density at radius 1 is 1.20 bits per heavy atom. The average Bonchev–Trinajstić information content (AvgIpc) is 1.85. The van der Waals surface area contributed by atoms with Crippen molar-refractivity contribution in [3.63, 3.8) is 0 Å². The van der Waals surface area contributed by atoms with Gasteiger partial charge in [0, 0.05) is 10.5 Å². The maximum absolute atomic E-state index is 6.03. The average molecular weight is 159 g/mol. The van der Waals surface area contributed by atoms with E-state index in [1.807, 2.05) is 0 Å². The molecule has 0 aromatic carbocycles. The van der Waals surface area contributed by atoms with Crippen molar-refractivity contribution in [1.29, 1.82) is 0 Å². The first-order valence-electron chi connectivity index (χ1n) is 3.51. The van der Waals surface area contributed by atoms with Crippen LogP contribution in [0.4, 0.5) is 0 Å². The van der Waals surface area contributed by atoms with Crippen molar-refractivity contribution in [1.82, 2.24) is 0 Å². The molecule has 0 aromatic heterocycles. The topological polar surface area (TPSA) is 26.0 Å². The summed E-state index contributed by atoms with van der Waals surface area (Å²) in [7, 11) is -1.28. The minimum atomic E-state index is -1.28.